The van der Waals surface area contributed by atoms with E-state index in [-0.39, 0.29) is 0 Å². The summed E-state index contributed by atoms with van der Waals surface area (Å²) in [5.74, 6) is 0. The van der Waals surface area contributed by atoms with Gasteiger partial charge in [-0.3, -0.25) is 0 Å². The Morgan fingerprint density at radius 3 is 0.965 bits per heavy atom. The van der Waals surface area contributed by atoms with Crippen LogP contribution in [0.1, 0.15) is 0 Å². The van der Waals surface area contributed by atoms with Crippen molar-refractivity contribution >= 4 is 87.0 Å². The molecule has 12 rings (SSSR count). The summed E-state index contributed by atoms with van der Waals surface area (Å²) in [4.78, 5) is 0. The third-order valence-corrected chi connectivity index (χ3v) is 11.8. The number of para-hydroxylation sites is 6. The molecule has 0 saturated heterocycles. The van der Waals surface area contributed by atoms with Crippen molar-refractivity contribution in [2.24, 2.45) is 0 Å². The zero-order valence-electron chi connectivity index (χ0n) is 31.0. The van der Waals surface area contributed by atoms with Gasteiger partial charge in [0.2, 0.25) is 0 Å². The van der Waals surface area contributed by atoms with Crippen LogP contribution in [0.2, 0.25) is 0 Å². The lowest BCUT2D eigenvalue weighted by atomic mass is 9.93. The molecule has 0 saturated carbocycles. The number of fused-ring (bicyclic) bond motifs is 13. The Balaban J connectivity index is 1.36. The summed E-state index contributed by atoms with van der Waals surface area (Å²) in [6.45, 7) is 0. The third kappa shape index (κ3) is 4.73. The van der Waals surface area contributed by atoms with E-state index in [0.29, 0.717) is 0 Å². The van der Waals surface area contributed by atoms with Gasteiger partial charge in [0.25, 0.3) is 0 Å². The van der Waals surface area contributed by atoms with E-state index in [1.807, 2.05) is 0 Å². The second-order valence-electron chi connectivity index (χ2n) is 14.9. The first-order valence-electron chi connectivity index (χ1n) is 19.6. The summed E-state index contributed by atoms with van der Waals surface area (Å²) < 4.78 is 7.32. The summed E-state index contributed by atoms with van der Waals surface area (Å²) in [7, 11) is 0. The minimum atomic E-state index is 1.12. The number of nitrogens with zero attached hydrogens (tertiary/aromatic N) is 3. The lowest BCUT2D eigenvalue weighted by Crippen LogP contribution is -2.08. The zero-order chi connectivity index (χ0) is 37.5. The van der Waals surface area contributed by atoms with Gasteiger partial charge in [-0.15, -0.1) is 0 Å². The van der Waals surface area contributed by atoms with Crippen LogP contribution in [0.25, 0.3) is 104 Å². The highest BCUT2D eigenvalue weighted by molar-refractivity contribution is 6.27. The van der Waals surface area contributed by atoms with Gasteiger partial charge in [0.15, 0.2) is 0 Å². The molecule has 0 bridgehead atoms. The molecule has 0 aliphatic carbocycles. The first-order chi connectivity index (χ1) is 28.3. The van der Waals surface area contributed by atoms with Crippen LogP contribution in [0, 0.1) is 0 Å². The Morgan fingerprint density at radius 2 is 0.491 bits per heavy atom. The first-order valence-corrected chi connectivity index (χ1v) is 19.6. The summed E-state index contributed by atoms with van der Waals surface area (Å²) in [5, 5.41) is 12.2. The summed E-state index contributed by atoms with van der Waals surface area (Å²) >= 11 is 0. The predicted molar refractivity (Wildman–Crippen MR) is 242 cm³/mol. The lowest BCUT2D eigenvalue weighted by molar-refractivity contribution is 1.09. The number of rotatable bonds is 3. The molecule has 0 N–H and O–H groups in total. The summed E-state index contributed by atoms with van der Waals surface area (Å²) in [6, 6.07) is 77.8. The van der Waals surface area contributed by atoms with Crippen LogP contribution in [-0.4, -0.2) is 13.7 Å². The second-order valence-corrected chi connectivity index (χ2v) is 14.9. The highest BCUT2D eigenvalue weighted by Gasteiger charge is 2.18. The molecule has 0 aliphatic rings. The maximum atomic E-state index is 2.46. The average molecular weight is 726 g/mol. The van der Waals surface area contributed by atoms with Crippen molar-refractivity contribution in [3.05, 3.63) is 212 Å². The van der Waals surface area contributed by atoms with E-state index >= 15 is 0 Å². The van der Waals surface area contributed by atoms with Gasteiger partial charge in [0.05, 0.1) is 33.1 Å². The third-order valence-electron chi connectivity index (χ3n) is 11.8. The number of hydrogen-bond donors (Lipinski definition) is 0. The summed E-state index contributed by atoms with van der Waals surface area (Å²) in [5.41, 5.74) is 10.3. The molecule has 266 valence electrons. The minimum absolute atomic E-state index is 1.12. The second kappa shape index (κ2) is 12.5. The Hall–Kier alpha value is -7.62. The number of benzene rings is 9. The average Bonchev–Trinajstić information content (AvgIpc) is 3.62. The van der Waals surface area contributed by atoms with Gasteiger partial charge in [-0.25, -0.2) is 0 Å². The van der Waals surface area contributed by atoms with E-state index in [1.54, 1.807) is 0 Å². The molecule has 0 amide bonds. The zero-order valence-corrected chi connectivity index (χ0v) is 31.0. The highest BCUT2D eigenvalue weighted by atomic mass is 15.1. The van der Waals surface area contributed by atoms with Gasteiger partial charge in [0.1, 0.15) is 0 Å². The molecule has 0 aliphatic heterocycles. The van der Waals surface area contributed by atoms with E-state index in [2.05, 4.69) is 226 Å². The van der Waals surface area contributed by atoms with E-state index in [1.165, 1.54) is 64.9 Å². The van der Waals surface area contributed by atoms with E-state index in [9.17, 15) is 0 Å². The van der Waals surface area contributed by atoms with Crippen molar-refractivity contribution in [3.8, 4) is 17.1 Å². The Kier molecular flexibility index (Phi) is 6.93. The fraction of sp³-hybridized carbons (Fsp3) is 0. The molecule has 0 fully saturated rings. The normalized spacial score (nSPS) is 11.9. The topological polar surface area (TPSA) is 14.8 Å². The van der Waals surface area contributed by atoms with Crippen LogP contribution in [0.5, 0.6) is 0 Å². The standard InChI is InChI=1S/C54H35N3/c1-3-17-36(18-4-1)55-51-29-15-16-30-52(51)56(37-19-5-2-6-20-37)54-35-48-46-33-38(57-49-27-13-11-25-44(49)45-26-12-14-28-50(45)57)31-32-43(46)41-23-8-7-21-39(41)40-22-9-10-24-42(40)47(48)34-53(54)55/h1-35H. The molecule has 0 radical (unpaired) electrons. The highest BCUT2D eigenvalue weighted by Crippen LogP contribution is 2.41. The van der Waals surface area contributed by atoms with Crippen molar-refractivity contribution in [1.29, 1.82) is 0 Å². The molecular formula is C54H35N3. The van der Waals surface area contributed by atoms with Gasteiger partial charge in [-0.1, -0.05) is 140 Å². The molecule has 0 unspecified atom stereocenters. The molecule has 10 aromatic carbocycles. The molecule has 0 spiro atoms. The molecule has 2 aromatic heterocycles. The smallest absolute Gasteiger partial charge is 0.0709 e. The predicted octanol–water partition coefficient (Wildman–Crippen LogP) is 14.4. The number of aromatic nitrogens is 3. The van der Waals surface area contributed by atoms with E-state index < -0.39 is 0 Å². The van der Waals surface area contributed by atoms with Gasteiger partial charge < -0.3 is 13.7 Å². The molecular weight excluding hydrogens is 691 g/mol. The van der Waals surface area contributed by atoms with Crippen LogP contribution in [-0.2, 0) is 0 Å². The van der Waals surface area contributed by atoms with Gasteiger partial charge in [-0.05, 0) is 116 Å². The van der Waals surface area contributed by atoms with Crippen LogP contribution in [0.4, 0.5) is 0 Å². The van der Waals surface area contributed by atoms with Crippen LogP contribution in [0.3, 0.4) is 0 Å². The van der Waals surface area contributed by atoms with E-state index in [4.69, 9.17) is 0 Å². The van der Waals surface area contributed by atoms with Crippen LogP contribution in [0.15, 0.2) is 212 Å². The maximum Gasteiger partial charge on any atom is 0.0709 e. The molecule has 0 atom stereocenters. The molecule has 12 aromatic rings. The Morgan fingerprint density at radius 1 is 0.175 bits per heavy atom. The molecule has 57 heavy (non-hydrogen) atoms. The van der Waals surface area contributed by atoms with Crippen LogP contribution < -0.4 is 0 Å². The van der Waals surface area contributed by atoms with Gasteiger partial charge >= 0.3 is 0 Å². The molecule has 2 heterocycles. The van der Waals surface area contributed by atoms with Gasteiger partial charge in [-0.2, -0.15) is 0 Å². The quantitative estimate of drug-likeness (QED) is 0.161. The Bertz CT molecular complexity index is 3570. The van der Waals surface area contributed by atoms with Crippen molar-refractivity contribution < 1.29 is 0 Å². The molecule has 3 nitrogen and oxygen atoms in total. The number of hydrogen-bond acceptors (Lipinski definition) is 0. The fourth-order valence-corrected chi connectivity index (χ4v) is 9.43. The molecule has 3 heteroatoms. The monoisotopic (exact) mass is 725 g/mol. The first kappa shape index (κ1) is 31.7. The maximum absolute atomic E-state index is 2.46. The van der Waals surface area contributed by atoms with Crippen molar-refractivity contribution in [2.45, 2.75) is 0 Å². The van der Waals surface area contributed by atoms with Crippen molar-refractivity contribution in [1.82, 2.24) is 13.7 Å². The van der Waals surface area contributed by atoms with Crippen LogP contribution >= 0.6 is 0 Å². The minimum Gasteiger partial charge on any atom is -0.309 e. The van der Waals surface area contributed by atoms with Crippen molar-refractivity contribution in [2.75, 3.05) is 0 Å². The fourth-order valence-electron chi connectivity index (χ4n) is 9.43. The van der Waals surface area contributed by atoms with Gasteiger partial charge in [0, 0.05) is 27.8 Å². The van der Waals surface area contributed by atoms with E-state index in [0.717, 1.165) is 39.1 Å². The summed E-state index contributed by atoms with van der Waals surface area (Å²) in [6.07, 6.45) is 0. The van der Waals surface area contributed by atoms with Crippen molar-refractivity contribution in [3.63, 3.8) is 0 Å². The Labute approximate surface area is 328 Å². The largest absolute Gasteiger partial charge is 0.309 e. The SMILES string of the molecule is c1ccc(-n2c3ccccc3n(-c3ccccc3)c3cc4c5cc(-n6c7ccccc7c7ccccc76)ccc5c5ccccc5c5ccccc5c4cc32)cc1. The lowest BCUT2D eigenvalue weighted by Gasteiger charge is -2.23.